The van der Waals surface area contributed by atoms with E-state index in [9.17, 15) is 0 Å². The van der Waals surface area contributed by atoms with E-state index < -0.39 is 0 Å². The van der Waals surface area contributed by atoms with E-state index in [4.69, 9.17) is 5.73 Å². The minimum absolute atomic E-state index is 0.807. The Labute approximate surface area is 79.6 Å². The molecule has 0 aliphatic rings. The lowest BCUT2D eigenvalue weighted by atomic mass is 10.1. The first-order valence-corrected chi connectivity index (χ1v) is 4.53. The van der Waals surface area contributed by atoms with Crippen molar-refractivity contribution in [3.63, 3.8) is 0 Å². The summed E-state index contributed by atoms with van der Waals surface area (Å²) >= 11 is 0. The lowest BCUT2D eigenvalue weighted by Gasteiger charge is -2.09. The number of nitrogen functional groups attached to an aromatic ring is 1. The number of nitrogens with zero attached hydrogens (tertiary/aromatic N) is 2. The van der Waals surface area contributed by atoms with Crippen molar-refractivity contribution in [2.24, 2.45) is 0 Å². The van der Waals surface area contributed by atoms with Crippen LogP contribution in [0.4, 0.5) is 5.69 Å². The van der Waals surface area contributed by atoms with Crippen LogP contribution in [0.2, 0.25) is 0 Å². The van der Waals surface area contributed by atoms with Crippen molar-refractivity contribution in [2.45, 2.75) is 12.8 Å². The second kappa shape index (κ2) is 4.82. The molecule has 0 radical (unpaired) electrons. The lowest BCUT2D eigenvalue weighted by Crippen LogP contribution is -2.13. The monoisotopic (exact) mass is 179 g/mol. The summed E-state index contributed by atoms with van der Waals surface area (Å²) in [6, 6.07) is 1.99. The molecule has 0 aliphatic carbocycles. The smallest absolute Gasteiger partial charge is 0.0533 e. The van der Waals surface area contributed by atoms with E-state index in [0.717, 1.165) is 25.1 Å². The maximum absolute atomic E-state index is 5.76. The Hall–Kier alpha value is -1.09. The van der Waals surface area contributed by atoms with Gasteiger partial charge in [0.05, 0.1) is 11.9 Å². The summed E-state index contributed by atoms with van der Waals surface area (Å²) in [5, 5.41) is 0. The molecule has 3 heteroatoms. The standard InChI is InChI=1S/C10H17N3/c1-13(2)7-3-4-9-5-6-12-8-10(9)11/h5-6,8H,3-4,7,11H2,1-2H3. The predicted octanol–water partition coefficient (Wildman–Crippen LogP) is 1.16. The molecular formula is C10H17N3. The fourth-order valence-corrected chi connectivity index (χ4v) is 1.25. The van der Waals surface area contributed by atoms with E-state index in [2.05, 4.69) is 24.0 Å². The number of pyridine rings is 1. The molecule has 1 heterocycles. The van der Waals surface area contributed by atoms with Gasteiger partial charge in [-0.05, 0) is 45.1 Å². The van der Waals surface area contributed by atoms with Crippen LogP contribution in [0.5, 0.6) is 0 Å². The van der Waals surface area contributed by atoms with E-state index in [1.165, 1.54) is 5.56 Å². The molecule has 3 nitrogen and oxygen atoms in total. The zero-order valence-corrected chi connectivity index (χ0v) is 8.33. The number of hydrogen-bond acceptors (Lipinski definition) is 3. The van der Waals surface area contributed by atoms with Crippen LogP contribution < -0.4 is 5.73 Å². The van der Waals surface area contributed by atoms with E-state index >= 15 is 0 Å². The molecule has 72 valence electrons. The predicted molar refractivity (Wildman–Crippen MR) is 55.5 cm³/mol. The summed E-state index contributed by atoms with van der Waals surface area (Å²) in [6.07, 6.45) is 5.68. The molecule has 0 bridgehead atoms. The molecule has 13 heavy (non-hydrogen) atoms. The summed E-state index contributed by atoms with van der Waals surface area (Å²) in [5.41, 5.74) is 7.77. The average molecular weight is 179 g/mol. The molecule has 0 saturated carbocycles. The second-order valence-electron chi connectivity index (χ2n) is 3.48. The van der Waals surface area contributed by atoms with Crippen LogP contribution in [0.15, 0.2) is 18.5 Å². The third-order valence-corrected chi connectivity index (χ3v) is 2.00. The average Bonchev–Trinajstić information content (AvgIpc) is 2.08. The Morgan fingerprint density at radius 1 is 1.46 bits per heavy atom. The van der Waals surface area contributed by atoms with Crippen molar-refractivity contribution in [1.29, 1.82) is 0 Å². The van der Waals surface area contributed by atoms with Crippen molar-refractivity contribution in [2.75, 3.05) is 26.4 Å². The summed E-state index contributed by atoms with van der Waals surface area (Å²) in [7, 11) is 4.16. The number of aromatic nitrogens is 1. The summed E-state index contributed by atoms with van der Waals surface area (Å²) in [4.78, 5) is 6.13. The normalized spacial score (nSPS) is 10.7. The molecule has 0 aliphatic heterocycles. The highest BCUT2D eigenvalue weighted by Crippen LogP contribution is 2.10. The van der Waals surface area contributed by atoms with E-state index in [1.807, 2.05) is 6.07 Å². The Morgan fingerprint density at radius 3 is 2.85 bits per heavy atom. The first-order chi connectivity index (χ1) is 6.20. The molecule has 2 N–H and O–H groups in total. The fraction of sp³-hybridized carbons (Fsp3) is 0.500. The number of hydrogen-bond donors (Lipinski definition) is 1. The first-order valence-electron chi connectivity index (χ1n) is 4.53. The number of aryl methyl sites for hydroxylation is 1. The highest BCUT2D eigenvalue weighted by molar-refractivity contribution is 5.43. The second-order valence-corrected chi connectivity index (χ2v) is 3.48. The maximum atomic E-state index is 5.76. The third-order valence-electron chi connectivity index (χ3n) is 2.00. The molecule has 0 amide bonds. The minimum Gasteiger partial charge on any atom is -0.397 e. The number of anilines is 1. The van der Waals surface area contributed by atoms with Crippen LogP contribution >= 0.6 is 0 Å². The SMILES string of the molecule is CN(C)CCCc1ccncc1N. The lowest BCUT2D eigenvalue weighted by molar-refractivity contribution is 0.400. The molecule has 1 rings (SSSR count). The molecule has 0 aromatic carbocycles. The third kappa shape index (κ3) is 3.42. The van der Waals surface area contributed by atoms with Gasteiger partial charge in [0.2, 0.25) is 0 Å². The van der Waals surface area contributed by atoms with Crippen LogP contribution in [0.25, 0.3) is 0 Å². The van der Waals surface area contributed by atoms with Gasteiger partial charge < -0.3 is 10.6 Å². The maximum Gasteiger partial charge on any atom is 0.0533 e. The summed E-state index contributed by atoms with van der Waals surface area (Å²) < 4.78 is 0. The largest absolute Gasteiger partial charge is 0.397 e. The van der Waals surface area contributed by atoms with Gasteiger partial charge in [-0.1, -0.05) is 0 Å². The van der Waals surface area contributed by atoms with Gasteiger partial charge in [-0.3, -0.25) is 4.98 Å². The van der Waals surface area contributed by atoms with Crippen LogP contribution in [0, 0.1) is 0 Å². The van der Waals surface area contributed by atoms with Crippen LogP contribution in [-0.4, -0.2) is 30.5 Å². The van der Waals surface area contributed by atoms with Gasteiger partial charge in [0.1, 0.15) is 0 Å². The van der Waals surface area contributed by atoms with E-state index in [1.54, 1.807) is 12.4 Å². The minimum atomic E-state index is 0.807. The van der Waals surface area contributed by atoms with Gasteiger partial charge in [-0.25, -0.2) is 0 Å². The van der Waals surface area contributed by atoms with Crippen molar-refractivity contribution >= 4 is 5.69 Å². The Bertz CT molecular complexity index is 258. The van der Waals surface area contributed by atoms with Crippen molar-refractivity contribution in [1.82, 2.24) is 9.88 Å². The number of rotatable bonds is 4. The highest BCUT2D eigenvalue weighted by atomic mass is 15.0. The number of nitrogens with two attached hydrogens (primary N) is 1. The summed E-state index contributed by atoms with van der Waals surface area (Å²) in [6.45, 7) is 1.10. The van der Waals surface area contributed by atoms with Crippen molar-refractivity contribution < 1.29 is 0 Å². The Balaban J connectivity index is 2.41. The molecule has 1 aromatic rings. The highest BCUT2D eigenvalue weighted by Gasteiger charge is 1.98. The molecule has 0 fully saturated rings. The summed E-state index contributed by atoms with van der Waals surface area (Å²) in [5.74, 6) is 0. The van der Waals surface area contributed by atoms with Gasteiger partial charge in [0.15, 0.2) is 0 Å². The first kappa shape index (κ1) is 9.99. The van der Waals surface area contributed by atoms with Crippen molar-refractivity contribution in [3.8, 4) is 0 Å². The van der Waals surface area contributed by atoms with E-state index in [0.29, 0.717) is 0 Å². The zero-order valence-electron chi connectivity index (χ0n) is 8.33. The zero-order chi connectivity index (χ0) is 9.68. The Morgan fingerprint density at radius 2 is 2.23 bits per heavy atom. The van der Waals surface area contributed by atoms with Crippen molar-refractivity contribution in [3.05, 3.63) is 24.0 Å². The van der Waals surface area contributed by atoms with Gasteiger partial charge in [0.25, 0.3) is 0 Å². The molecule has 0 atom stereocenters. The molecule has 0 unspecified atom stereocenters. The van der Waals surface area contributed by atoms with Gasteiger partial charge in [-0.15, -0.1) is 0 Å². The quantitative estimate of drug-likeness (QED) is 0.754. The molecular weight excluding hydrogens is 162 g/mol. The van der Waals surface area contributed by atoms with Gasteiger partial charge in [0, 0.05) is 6.20 Å². The van der Waals surface area contributed by atoms with Crippen LogP contribution in [0.3, 0.4) is 0 Å². The van der Waals surface area contributed by atoms with Crippen LogP contribution in [-0.2, 0) is 6.42 Å². The molecule has 0 saturated heterocycles. The van der Waals surface area contributed by atoms with Gasteiger partial charge in [-0.2, -0.15) is 0 Å². The fourth-order valence-electron chi connectivity index (χ4n) is 1.25. The molecule has 1 aromatic heterocycles. The van der Waals surface area contributed by atoms with Gasteiger partial charge >= 0.3 is 0 Å². The Kier molecular flexibility index (Phi) is 3.71. The molecule has 0 spiro atoms. The van der Waals surface area contributed by atoms with E-state index in [-0.39, 0.29) is 0 Å². The van der Waals surface area contributed by atoms with Crippen LogP contribution in [0.1, 0.15) is 12.0 Å². The topological polar surface area (TPSA) is 42.2 Å².